The summed E-state index contributed by atoms with van der Waals surface area (Å²) >= 11 is 1.70. The second-order valence-corrected chi connectivity index (χ2v) is 9.91. The molecule has 7 heteroatoms. The Bertz CT molecular complexity index is 1050. The van der Waals surface area contributed by atoms with E-state index >= 15 is 0 Å². The van der Waals surface area contributed by atoms with Crippen LogP contribution in [-0.2, 0) is 16.0 Å². The average molecular weight is 453 g/mol. The first kappa shape index (κ1) is 22.7. The largest absolute Gasteiger partial charge is 0.400 e. The van der Waals surface area contributed by atoms with Crippen molar-refractivity contribution in [3.63, 3.8) is 0 Å². The molecule has 2 aliphatic carbocycles. The number of rotatable bonds is 7. The van der Waals surface area contributed by atoms with Gasteiger partial charge in [-0.25, -0.2) is 4.98 Å². The Kier molecular flexibility index (Phi) is 6.79. The molecule has 1 amide bonds. The highest BCUT2D eigenvalue weighted by Gasteiger charge is 2.26. The predicted octanol–water partition coefficient (Wildman–Crippen LogP) is 3.90. The third kappa shape index (κ3) is 4.80. The molecule has 0 spiro atoms. The van der Waals surface area contributed by atoms with Crippen molar-refractivity contribution < 1.29 is 9.53 Å². The van der Waals surface area contributed by atoms with Crippen molar-refractivity contribution in [2.45, 2.75) is 51.4 Å². The van der Waals surface area contributed by atoms with Crippen molar-refractivity contribution >= 4 is 22.8 Å². The minimum Gasteiger partial charge on any atom is -0.400 e. The molecule has 4 rings (SSSR count). The molecule has 0 radical (unpaired) electrons. The third-order valence-electron chi connectivity index (χ3n) is 5.97. The highest BCUT2D eigenvalue weighted by molar-refractivity contribution is 7.16. The van der Waals surface area contributed by atoms with E-state index in [4.69, 9.17) is 15.5 Å². The summed E-state index contributed by atoms with van der Waals surface area (Å²) in [6.07, 6.45) is 8.99. The molecule has 2 aliphatic rings. The monoisotopic (exact) mass is 452 g/mol. The van der Waals surface area contributed by atoms with Gasteiger partial charge in [0.15, 0.2) is 0 Å². The van der Waals surface area contributed by atoms with Crippen LogP contribution in [0.15, 0.2) is 42.2 Å². The summed E-state index contributed by atoms with van der Waals surface area (Å²) in [6, 6.07) is 6.67. The van der Waals surface area contributed by atoms with Crippen LogP contribution < -0.4 is 11.1 Å². The van der Waals surface area contributed by atoms with E-state index in [2.05, 4.69) is 29.6 Å². The molecule has 1 aromatic heterocycles. The van der Waals surface area contributed by atoms with E-state index < -0.39 is 0 Å². The quantitative estimate of drug-likeness (QED) is 0.666. The fraction of sp³-hybridized carbons (Fsp3) is 0.440. The lowest BCUT2D eigenvalue weighted by Gasteiger charge is -2.23. The first-order valence-electron chi connectivity index (χ1n) is 11.2. The molecule has 1 heterocycles. The predicted molar refractivity (Wildman–Crippen MR) is 130 cm³/mol. The number of amides is 1. The van der Waals surface area contributed by atoms with E-state index in [1.54, 1.807) is 30.3 Å². The molecular formula is C25H32N4O2S. The molecule has 1 aromatic carbocycles. The van der Waals surface area contributed by atoms with Crippen molar-refractivity contribution in [3.8, 4) is 10.4 Å². The zero-order valence-electron chi connectivity index (χ0n) is 19.2. The summed E-state index contributed by atoms with van der Waals surface area (Å²) in [7, 11) is 3.57. The van der Waals surface area contributed by atoms with Gasteiger partial charge in [0, 0.05) is 37.6 Å². The number of fused-ring (bicyclic) bond motifs is 1. The standard InChI is InChI=1S/C25H32N4O2S/c1-15(2)31-22-11-8-16(12-20(22)26)25-28-13-23(32-25)19-7-5-6-18-17(19)9-10-21(18)27-14-24(30)29(3)4/h5-8,12-13,15,21-22,27H,9-11,14,26H2,1-4H3/t21-,22?/m0/s1. The molecule has 1 unspecified atom stereocenters. The van der Waals surface area contributed by atoms with E-state index in [9.17, 15) is 4.79 Å². The summed E-state index contributed by atoms with van der Waals surface area (Å²) in [5, 5.41) is 4.41. The van der Waals surface area contributed by atoms with Gasteiger partial charge in [0.1, 0.15) is 11.1 Å². The zero-order valence-corrected chi connectivity index (χ0v) is 20.0. The second-order valence-electron chi connectivity index (χ2n) is 8.88. The summed E-state index contributed by atoms with van der Waals surface area (Å²) in [5.74, 6) is 0.0934. The van der Waals surface area contributed by atoms with Gasteiger partial charge < -0.3 is 20.7 Å². The van der Waals surface area contributed by atoms with Crippen molar-refractivity contribution in [3.05, 3.63) is 58.4 Å². The number of hydrogen-bond donors (Lipinski definition) is 2. The summed E-state index contributed by atoms with van der Waals surface area (Å²) < 4.78 is 5.89. The molecule has 0 aliphatic heterocycles. The topological polar surface area (TPSA) is 80.5 Å². The number of aromatic nitrogens is 1. The number of likely N-dealkylation sites (N-methyl/N-ethyl adjacent to an activating group) is 1. The minimum absolute atomic E-state index is 0.0561. The van der Waals surface area contributed by atoms with Gasteiger partial charge in [0.2, 0.25) is 5.91 Å². The van der Waals surface area contributed by atoms with Crippen LogP contribution in [0.3, 0.4) is 0 Å². The van der Waals surface area contributed by atoms with E-state index in [-0.39, 0.29) is 24.2 Å². The SMILES string of the molecule is CC(C)OC1CC=C(c2ncc(-c3cccc4c3CC[C@@H]4NCC(=O)N(C)C)s2)C=C1N. The fourth-order valence-electron chi connectivity index (χ4n) is 4.31. The maximum atomic E-state index is 12.0. The average Bonchev–Trinajstić information content (AvgIpc) is 3.40. The number of thiazole rings is 1. The normalized spacial score (nSPS) is 20.2. The van der Waals surface area contributed by atoms with Crippen LogP contribution >= 0.6 is 11.3 Å². The van der Waals surface area contributed by atoms with Crippen LogP contribution in [0.1, 0.15) is 48.9 Å². The van der Waals surface area contributed by atoms with Crippen LogP contribution in [0.5, 0.6) is 0 Å². The highest BCUT2D eigenvalue weighted by atomic mass is 32.1. The number of allylic oxidation sites excluding steroid dienone is 2. The lowest BCUT2D eigenvalue weighted by molar-refractivity contribution is -0.127. The number of hydrogen-bond acceptors (Lipinski definition) is 6. The number of benzene rings is 1. The van der Waals surface area contributed by atoms with Gasteiger partial charge in [-0.1, -0.05) is 24.3 Å². The number of nitrogens with one attached hydrogen (secondary N) is 1. The zero-order chi connectivity index (χ0) is 22.8. The lowest BCUT2D eigenvalue weighted by Crippen LogP contribution is -2.34. The van der Waals surface area contributed by atoms with Gasteiger partial charge >= 0.3 is 0 Å². The first-order valence-corrected chi connectivity index (χ1v) is 12.0. The van der Waals surface area contributed by atoms with E-state index in [1.807, 2.05) is 26.1 Å². The maximum Gasteiger partial charge on any atom is 0.236 e. The van der Waals surface area contributed by atoms with E-state index in [0.717, 1.165) is 40.4 Å². The Hall–Kier alpha value is -2.48. The Balaban J connectivity index is 1.51. The van der Waals surface area contributed by atoms with Gasteiger partial charge in [-0.3, -0.25) is 4.79 Å². The van der Waals surface area contributed by atoms with Gasteiger partial charge in [-0.05, 0) is 55.9 Å². The molecule has 0 saturated heterocycles. The van der Waals surface area contributed by atoms with Gasteiger partial charge in [-0.15, -0.1) is 11.3 Å². The minimum atomic E-state index is -0.0561. The van der Waals surface area contributed by atoms with Crippen LogP contribution in [0.25, 0.3) is 16.0 Å². The second kappa shape index (κ2) is 9.57. The molecule has 3 N–H and O–H groups in total. The Morgan fingerprint density at radius 3 is 2.91 bits per heavy atom. The molecular weight excluding hydrogens is 420 g/mol. The molecule has 6 nitrogen and oxygen atoms in total. The molecule has 0 bridgehead atoms. The number of carbonyl (C=O) groups is 1. The highest BCUT2D eigenvalue weighted by Crippen LogP contribution is 2.40. The Labute approximate surface area is 194 Å². The van der Waals surface area contributed by atoms with Crippen LogP contribution in [0.2, 0.25) is 0 Å². The van der Waals surface area contributed by atoms with Gasteiger partial charge in [0.25, 0.3) is 0 Å². The van der Waals surface area contributed by atoms with Crippen molar-refractivity contribution in [1.29, 1.82) is 0 Å². The smallest absolute Gasteiger partial charge is 0.236 e. The molecule has 2 aromatic rings. The number of ether oxygens (including phenoxy) is 1. The summed E-state index contributed by atoms with van der Waals surface area (Å²) in [4.78, 5) is 19.5. The van der Waals surface area contributed by atoms with Crippen molar-refractivity contribution in [2.75, 3.05) is 20.6 Å². The summed E-state index contributed by atoms with van der Waals surface area (Å²) in [5.41, 5.74) is 12.0. The first-order chi connectivity index (χ1) is 15.3. The number of nitrogens with zero attached hydrogens (tertiary/aromatic N) is 2. The number of nitrogens with two attached hydrogens (primary N) is 1. The molecule has 0 saturated carbocycles. The molecule has 0 fully saturated rings. The molecule has 32 heavy (non-hydrogen) atoms. The number of carbonyl (C=O) groups excluding carboxylic acids is 1. The van der Waals surface area contributed by atoms with Gasteiger partial charge in [0.05, 0.1) is 17.5 Å². The fourth-order valence-corrected chi connectivity index (χ4v) is 5.29. The Morgan fingerprint density at radius 2 is 2.19 bits per heavy atom. The van der Waals surface area contributed by atoms with Crippen molar-refractivity contribution in [2.24, 2.45) is 5.73 Å². The van der Waals surface area contributed by atoms with Crippen LogP contribution in [-0.4, -0.2) is 48.6 Å². The van der Waals surface area contributed by atoms with Crippen LogP contribution in [0, 0.1) is 0 Å². The maximum absolute atomic E-state index is 12.0. The summed E-state index contributed by atoms with van der Waals surface area (Å²) in [6.45, 7) is 4.41. The van der Waals surface area contributed by atoms with E-state index in [1.165, 1.54) is 16.7 Å². The van der Waals surface area contributed by atoms with Gasteiger partial charge in [-0.2, -0.15) is 0 Å². The molecule has 170 valence electrons. The van der Waals surface area contributed by atoms with E-state index in [0.29, 0.717) is 6.54 Å². The Morgan fingerprint density at radius 1 is 1.38 bits per heavy atom. The molecule has 2 atom stereocenters. The van der Waals surface area contributed by atoms with Crippen molar-refractivity contribution in [1.82, 2.24) is 15.2 Å². The van der Waals surface area contributed by atoms with Crippen LogP contribution in [0.4, 0.5) is 0 Å². The third-order valence-corrected chi connectivity index (χ3v) is 7.05. The lowest BCUT2D eigenvalue weighted by atomic mass is 10.0.